The van der Waals surface area contributed by atoms with Gasteiger partial charge in [-0.25, -0.2) is 9.18 Å². The van der Waals surface area contributed by atoms with Crippen molar-refractivity contribution in [3.63, 3.8) is 0 Å². The van der Waals surface area contributed by atoms with Gasteiger partial charge in [0.2, 0.25) is 5.91 Å². The predicted molar refractivity (Wildman–Crippen MR) is 150 cm³/mol. The molecule has 0 saturated heterocycles. The van der Waals surface area contributed by atoms with Crippen LogP contribution in [-0.2, 0) is 9.53 Å². The van der Waals surface area contributed by atoms with Gasteiger partial charge in [0.25, 0.3) is 0 Å². The fourth-order valence-corrected chi connectivity index (χ4v) is 5.09. The Morgan fingerprint density at radius 3 is 2.15 bits per heavy atom. The van der Waals surface area contributed by atoms with Gasteiger partial charge >= 0.3 is 6.09 Å². The van der Waals surface area contributed by atoms with Crippen LogP contribution in [0.2, 0.25) is 0 Å². The number of hydrogen-bond donors (Lipinski definition) is 2. The number of ketones is 1. The van der Waals surface area contributed by atoms with Crippen molar-refractivity contribution < 1.29 is 23.5 Å². The topological polar surface area (TPSA) is 84.5 Å². The Morgan fingerprint density at radius 2 is 1.49 bits per heavy atom. The lowest BCUT2D eigenvalue weighted by atomic mass is 9.98. The van der Waals surface area contributed by atoms with Gasteiger partial charge in [0, 0.05) is 16.0 Å². The summed E-state index contributed by atoms with van der Waals surface area (Å²) in [5.74, 6) is -1.91. The molecule has 6 nitrogen and oxygen atoms in total. The van der Waals surface area contributed by atoms with Crippen molar-refractivity contribution in [2.45, 2.75) is 18.9 Å². The number of nitrogens with one attached hydrogen (secondary N) is 2. The molecule has 2 N–H and O–H groups in total. The van der Waals surface area contributed by atoms with Gasteiger partial charge in [0.05, 0.1) is 11.3 Å². The second-order valence-corrected chi connectivity index (χ2v) is 10.1. The Kier molecular flexibility index (Phi) is 7.56. The van der Waals surface area contributed by atoms with Gasteiger partial charge in [0.1, 0.15) is 18.5 Å². The second kappa shape index (κ2) is 11.2. The van der Waals surface area contributed by atoms with Gasteiger partial charge in [-0.3, -0.25) is 9.59 Å². The summed E-state index contributed by atoms with van der Waals surface area (Å²) < 4.78 is 20.4. The molecule has 0 aliphatic heterocycles. The van der Waals surface area contributed by atoms with Crippen molar-refractivity contribution in [2.24, 2.45) is 0 Å². The van der Waals surface area contributed by atoms with Crippen molar-refractivity contribution in [1.82, 2.24) is 5.32 Å². The number of halogens is 2. The number of carbonyl (C=O) groups excluding carboxylic acids is 3. The lowest BCUT2D eigenvalue weighted by Gasteiger charge is -2.18. The maximum absolute atomic E-state index is 14.3. The average molecular weight is 587 g/mol. The van der Waals surface area contributed by atoms with Crippen LogP contribution in [0, 0.1) is 5.82 Å². The molecular formula is C31H24BrFN2O4. The van der Waals surface area contributed by atoms with Crippen LogP contribution in [0.15, 0.2) is 95.5 Å². The minimum absolute atomic E-state index is 0.108. The fourth-order valence-electron chi connectivity index (χ4n) is 4.73. The first-order valence-electron chi connectivity index (χ1n) is 12.3. The Morgan fingerprint density at radius 1 is 0.872 bits per heavy atom. The van der Waals surface area contributed by atoms with E-state index in [1.54, 1.807) is 12.1 Å². The number of rotatable bonds is 7. The SMILES string of the molecule is C[C@H](NC(=O)OCC1c2ccccc2-c2ccccc21)C(=O)Nc1ccc(Br)cc1C(=O)c1ccccc1F. The maximum Gasteiger partial charge on any atom is 0.407 e. The van der Waals surface area contributed by atoms with Crippen molar-refractivity contribution in [2.75, 3.05) is 11.9 Å². The van der Waals surface area contributed by atoms with Crippen LogP contribution in [0.25, 0.3) is 11.1 Å². The minimum atomic E-state index is -0.972. The summed E-state index contributed by atoms with van der Waals surface area (Å²) in [4.78, 5) is 38.6. The molecule has 0 spiro atoms. The monoisotopic (exact) mass is 586 g/mol. The standard InChI is InChI=1S/C31H24BrFN2O4/c1-18(30(37)35-28-15-14-19(32)16-25(28)29(36)24-12-6-7-13-27(24)33)34-31(38)39-17-26-22-10-4-2-8-20(22)21-9-3-5-11-23(21)26/h2-16,18,26H,17H2,1H3,(H,34,38)(H,35,37)/t18-/m0/s1. The normalized spacial score (nSPS) is 12.7. The molecular weight excluding hydrogens is 563 g/mol. The number of alkyl carbamates (subject to hydrolysis) is 1. The summed E-state index contributed by atoms with van der Waals surface area (Å²) in [6.07, 6.45) is -0.738. The molecule has 4 aromatic rings. The van der Waals surface area contributed by atoms with Gasteiger partial charge in [-0.05, 0) is 59.5 Å². The zero-order valence-electron chi connectivity index (χ0n) is 20.9. The number of anilines is 1. The minimum Gasteiger partial charge on any atom is -0.449 e. The van der Waals surface area contributed by atoms with E-state index in [1.165, 1.54) is 37.3 Å². The van der Waals surface area contributed by atoms with E-state index in [0.717, 1.165) is 22.3 Å². The quantitative estimate of drug-likeness (QED) is 0.236. The highest BCUT2D eigenvalue weighted by molar-refractivity contribution is 9.10. The molecule has 1 aliphatic carbocycles. The zero-order valence-corrected chi connectivity index (χ0v) is 22.5. The number of carbonyl (C=O) groups is 3. The molecule has 5 rings (SSSR count). The van der Waals surface area contributed by atoms with E-state index in [-0.39, 0.29) is 29.3 Å². The van der Waals surface area contributed by atoms with Crippen molar-refractivity contribution >= 4 is 39.4 Å². The average Bonchev–Trinajstić information content (AvgIpc) is 3.26. The molecule has 0 saturated carbocycles. The lowest BCUT2D eigenvalue weighted by molar-refractivity contribution is -0.117. The Labute approximate surface area is 233 Å². The third-order valence-electron chi connectivity index (χ3n) is 6.67. The first-order chi connectivity index (χ1) is 18.8. The summed E-state index contributed by atoms with van der Waals surface area (Å²) >= 11 is 3.32. The van der Waals surface area contributed by atoms with Crippen LogP contribution >= 0.6 is 15.9 Å². The Balaban J connectivity index is 1.24. The van der Waals surface area contributed by atoms with Crippen LogP contribution in [0.3, 0.4) is 0 Å². The molecule has 196 valence electrons. The maximum atomic E-state index is 14.3. The van der Waals surface area contributed by atoms with E-state index in [4.69, 9.17) is 4.74 Å². The summed E-state index contributed by atoms with van der Waals surface area (Å²) in [6, 6.07) is 25.4. The first-order valence-corrected chi connectivity index (χ1v) is 13.1. The molecule has 1 aliphatic rings. The largest absolute Gasteiger partial charge is 0.449 e. The molecule has 0 heterocycles. The van der Waals surface area contributed by atoms with E-state index < -0.39 is 29.6 Å². The Hall–Kier alpha value is -4.30. The highest BCUT2D eigenvalue weighted by atomic mass is 79.9. The van der Waals surface area contributed by atoms with Crippen LogP contribution < -0.4 is 10.6 Å². The number of hydrogen-bond acceptors (Lipinski definition) is 4. The van der Waals surface area contributed by atoms with Crippen LogP contribution in [0.5, 0.6) is 0 Å². The number of amides is 2. The summed E-state index contributed by atoms with van der Waals surface area (Å²) in [5, 5.41) is 5.21. The fraction of sp³-hybridized carbons (Fsp3) is 0.129. The first kappa shape index (κ1) is 26.3. The number of ether oxygens (including phenoxy) is 1. The second-order valence-electron chi connectivity index (χ2n) is 9.18. The molecule has 0 unspecified atom stereocenters. The van der Waals surface area contributed by atoms with Gasteiger partial charge < -0.3 is 15.4 Å². The molecule has 1 atom stereocenters. The van der Waals surface area contributed by atoms with Gasteiger partial charge in [-0.15, -0.1) is 0 Å². The van der Waals surface area contributed by atoms with E-state index in [1.807, 2.05) is 48.5 Å². The van der Waals surface area contributed by atoms with Crippen molar-refractivity contribution in [1.29, 1.82) is 0 Å². The lowest BCUT2D eigenvalue weighted by Crippen LogP contribution is -2.42. The van der Waals surface area contributed by atoms with Crippen LogP contribution in [0.4, 0.5) is 14.9 Å². The molecule has 8 heteroatoms. The van der Waals surface area contributed by atoms with E-state index in [0.29, 0.717) is 4.47 Å². The molecule has 0 fully saturated rings. The predicted octanol–water partition coefficient (Wildman–Crippen LogP) is 6.68. The summed E-state index contributed by atoms with van der Waals surface area (Å²) in [5.41, 5.74) is 4.58. The van der Waals surface area contributed by atoms with E-state index in [9.17, 15) is 18.8 Å². The molecule has 4 aromatic carbocycles. The molecule has 2 amide bonds. The van der Waals surface area contributed by atoms with Gasteiger partial charge in [-0.2, -0.15) is 0 Å². The third-order valence-corrected chi connectivity index (χ3v) is 7.17. The van der Waals surface area contributed by atoms with Crippen LogP contribution in [-0.4, -0.2) is 30.4 Å². The van der Waals surface area contributed by atoms with Gasteiger partial charge in [-0.1, -0.05) is 76.6 Å². The van der Waals surface area contributed by atoms with Crippen molar-refractivity contribution in [3.05, 3.63) is 124 Å². The summed E-state index contributed by atoms with van der Waals surface area (Å²) in [7, 11) is 0. The van der Waals surface area contributed by atoms with Gasteiger partial charge in [0.15, 0.2) is 5.78 Å². The molecule has 0 aromatic heterocycles. The zero-order chi connectivity index (χ0) is 27.5. The number of fused-ring (bicyclic) bond motifs is 3. The van der Waals surface area contributed by atoms with Crippen LogP contribution in [0.1, 0.15) is 39.9 Å². The molecule has 0 radical (unpaired) electrons. The third kappa shape index (κ3) is 5.47. The smallest absolute Gasteiger partial charge is 0.407 e. The molecule has 39 heavy (non-hydrogen) atoms. The molecule has 0 bridgehead atoms. The highest BCUT2D eigenvalue weighted by Gasteiger charge is 2.29. The number of benzene rings is 4. The van der Waals surface area contributed by atoms with E-state index >= 15 is 0 Å². The van der Waals surface area contributed by atoms with E-state index in [2.05, 4.69) is 26.6 Å². The highest BCUT2D eigenvalue weighted by Crippen LogP contribution is 2.44. The Bertz CT molecular complexity index is 1540. The summed E-state index contributed by atoms with van der Waals surface area (Å²) in [6.45, 7) is 1.62. The van der Waals surface area contributed by atoms with Crippen molar-refractivity contribution in [3.8, 4) is 11.1 Å².